The van der Waals surface area contributed by atoms with Crippen LogP contribution in [0.3, 0.4) is 0 Å². The molecule has 4 rings (SSSR count). The summed E-state index contributed by atoms with van der Waals surface area (Å²) in [5.41, 5.74) is 1.38. The molecule has 2 heterocycles. The largest absolute Gasteiger partial charge is 0.458 e. The molecule has 0 bridgehead atoms. The Hall–Kier alpha value is -2.42. The fraction of sp³-hybridized carbons (Fsp3) is 0.615. The number of hydrogen-bond acceptors (Lipinski definition) is 8. The Morgan fingerprint density at radius 2 is 1.91 bits per heavy atom. The Labute approximate surface area is 200 Å². The molecule has 1 spiro atoms. The smallest absolute Gasteiger partial charge is 0.325 e. The molecule has 1 aromatic rings. The van der Waals surface area contributed by atoms with Crippen LogP contribution in [0.1, 0.15) is 47.0 Å². The summed E-state index contributed by atoms with van der Waals surface area (Å²) in [6, 6.07) is 6.82. The topological polar surface area (TPSA) is 98.9 Å². The Kier molecular flexibility index (Phi) is 7.03. The number of nitrogens with one attached hydrogen (secondary N) is 1. The third-order valence-corrected chi connectivity index (χ3v) is 7.07. The van der Waals surface area contributed by atoms with Crippen molar-refractivity contribution in [3.63, 3.8) is 0 Å². The monoisotopic (exact) mass is 473 g/mol. The fourth-order valence-corrected chi connectivity index (χ4v) is 5.26. The maximum Gasteiger partial charge on any atom is 0.325 e. The third-order valence-electron chi connectivity index (χ3n) is 7.07. The van der Waals surface area contributed by atoms with E-state index < -0.39 is 0 Å². The molecule has 3 aliphatic rings. The van der Waals surface area contributed by atoms with Crippen LogP contribution in [0.15, 0.2) is 35.9 Å². The van der Waals surface area contributed by atoms with Gasteiger partial charge in [-0.2, -0.15) is 0 Å². The molecular formula is C26H35NO7. The number of benzene rings is 1. The first kappa shape index (κ1) is 24.7. The van der Waals surface area contributed by atoms with E-state index in [1.165, 1.54) is 12.5 Å². The molecule has 1 N–H and O–H groups in total. The van der Waals surface area contributed by atoms with E-state index in [0.29, 0.717) is 18.8 Å². The fourth-order valence-electron chi connectivity index (χ4n) is 5.26. The number of esters is 2. The lowest BCUT2D eigenvalue weighted by Gasteiger charge is -2.42. The van der Waals surface area contributed by atoms with Crippen LogP contribution in [-0.4, -0.2) is 61.7 Å². The van der Waals surface area contributed by atoms with Crippen LogP contribution in [-0.2, 0) is 28.5 Å². The van der Waals surface area contributed by atoms with Gasteiger partial charge in [-0.25, -0.2) is 0 Å². The first-order valence-corrected chi connectivity index (χ1v) is 11.9. The summed E-state index contributed by atoms with van der Waals surface area (Å²) in [5.74, 6) is -0.291. The second-order valence-electron chi connectivity index (χ2n) is 9.88. The highest BCUT2D eigenvalue weighted by Gasteiger charge is 2.72. The van der Waals surface area contributed by atoms with Gasteiger partial charge in [0.05, 0.1) is 18.6 Å². The van der Waals surface area contributed by atoms with E-state index in [1.54, 1.807) is 31.4 Å². The molecule has 0 unspecified atom stereocenters. The van der Waals surface area contributed by atoms with Crippen LogP contribution in [0, 0.1) is 5.92 Å². The lowest BCUT2D eigenvalue weighted by molar-refractivity contribution is -0.170. The predicted octanol–water partition coefficient (Wildman–Crippen LogP) is 3.64. The van der Waals surface area contributed by atoms with Crippen LogP contribution in [0.5, 0.6) is 5.75 Å². The molecule has 34 heavy (non-hydrogen) atoms. The minimum atomic E-state index is -0.380. The minimum Gasteiger partial charge on any atom is -0.458 e. The number of allylic oxidation sites excluding steroid dienone is 1. The average molecular weight is 474 g/mol. The highest BCUT2D eigenvalue weighted by Crippen LogP contribution is 2.59. The lowest BCUT2D eigenvalue weighted by Crippen LogP contribution is -2.55. The SMILES string of the molecule is CO[C@@H]1[C@H](OC(=O)CNc2ccc(OC(C)=O)cc2)CC[C@]2(CO2)[C@H]1[C@]1(C)O[C@@H]1CC=C(C)C. The molecule has 6 atom stereocenters. The molecule has 1 aromatic carbocycles. The van der Waals surface area contributed by atoms with E-state index >= 15 is 0 Å². The summed E-state index contributed by atoms with van der Waals surface area (Å²) < 4.78 is 29.0. The number of methoxy groups -OCH3 is 1. The zero-order valence-corrected chi connectivity index (χ0v) is 20.6. The Balaban J connectivity index is 1.36. The Bertz CT molecular complexity index is 935. The predicted molar refractivity (Wildman–Crippen MR) is 126 cm³/mol. The summed E-state index contributed by atoms with van der Waals surface area (Å²) in [4.78, 5) is 23.7. The van der Waals surface area contributed by atoms with Crippen molar-refractivity contribution in [1.29, 1.82) is 0 Å². The highest BCUT2D eigenvalue weighted by atomic mass is 16.6. The molecule has 1 aliphatic carbocycles. The molecule has 2 aliphatic heterocycles. The first-order chi connectivity index (χ1) is 16.2. The van der Waals surface area contributed by atoms with Crippen molar-refractivity contribution in [2.24, 2.45) is 5.92 Å². The summed E-state index contributed by atoms with van der Waals surface area (Å²) in [5, 5.41) is 3.05. The molecule has 8 heteroatoms. The van der Waals surface area contributed by atoms with Gasteiger partial charge in [-0.05, 0) is 64.3 Å². The number of epoxide rings is 2. The molecule has 186 valence electrons. The van der Waals surface area contributed by atoms with Crippen molar-refractivity contribution in [2.75, 3.05) is 25.6 Å². The summed E-state index contributed by atoms with van der Waals surface area (Å²) in [7, 11) is 1.67. The maximum absolute atomic E-state index is 12.7. The first-order valence-electron chi connectivity index (χ1n) is 11.9. The van der Waals surface area contributed by atoms with Crippen LogP contribution in [0.4, 0.5) is 5.69 Å². The van der Waals surface area contributed by atoms with E-state index in [4.69, 9.17) is 23.7 Å². The number of hydrogen-bond donors (Lipinski definition) is 1. The van der Waals surface area contributed by atoms with Gasteiger partial charge in [-0.15, -0.1) is 0 Å². The van der Waals surface area contributed by atoms with Crippen molar-refractivity contribution in [3.05, 3.63) is 35.9 Å². The normalized spacial score (nSPS) is 33.7. The van der Waals surface area contributed by atoms with Crippen molar-refractivity contribution in [2.45, 2.75) is 76.5 Å². The van der Waals surface area contributed by atoms with E-state index in [9.17, 15) is 9.59 Å². The second-order valence-corrected chi connectivity index (χ2v) is 9.88. The number of ether oxygens (including phenoxy) is 5. The van der Waals surface area contributed by atoms with Gasteiger partial charge in [0.1, 0.15) is 35.7 Å². The van der Waals surface area contributed by atoms with Crippen LogP contribution < -0.4 is 10.1 Å². The van der Waals surface area contributed by atoms with Crippen molar-refractivity contribution in [3.8, 4) is 5.75 Å². The molecule has 8 nitrogen and oxygen atoms in total. The molecular weight excluding hydrogens is 438 g/mol. The number of carbonyl (C=O) groups is 2. The highest BCUT2D eigenvalue weighted by molar-refractivity contribution is 5.75. The second kappa shape index (κ2) is 9.68. The summed E-state index contributed by atoms with van der Waals surface area (Å²) in [6.45, 7) is 8.35. The molecule has 1 saturated carbocycles. The molecule has 2 saturated heterocycles. The van der Waals surface area contributed by atoms with Gasteiger partial charge in [0.25, 0.3) is 0 Å². The van der Waals surface area contributed by atoms with E-state index in [-0.39, 0.29) is 53.9 Å². The van der Waals surface area contributed by atoms with E-state index in [2.05, 4.69) is 32.2 Å². The third kappa shape index (κ3) is 5.29. The van der Waals surface area contributed by atoms with Crippen LogP contribution in [0.25, 0.3) is 0 Å². The number of rotatable bonds is 9. The molecule has 3 fully saturated rings. The Morgan fingerprint density at radius 1 is 1.21 bits per heavy atom. The maximum atomic E-state index is 12.7. The quantitative estimate of drug-likeness (QED) is 0.251. The lowest BCUT2D eigenvalue weighted by atomic mass is 9.68. The van der Waals surface area contributed by atoms with Gasteiger partial charge in [0.2, 0.25) is 0 Å². The van der Waals surface area contributed by atoms with Crippen molar-refractivity contribution >= 4 is 17.6 Å². The van der Waals surface area contributed by atoms with E-state index in [0.717, 1.165) is 18.5 Å². The van der Waals surface area contributed by atoms with Crippen LogP contribution in [0.2, 0.25) is 0 Å². The average Bonchev–Trinajstić information content (AvgIpc) is 3.70. The van der Waals surface area contributed by atoms with Gasteiger partial charge >= 0.3 is 11.9 Å². The zero-order valence-electron chi connectivity index (χ0n) is 20.6. The van der Waals surface area contributed by atoms with E-state index in [1.807, 2.05) is 0 Å². The summed E-state index contributed by atoms with van der Waals surface area (Å²) >= 11 is 0. The van der Waals surface area contributed by atoms with Crippen molar-refractivity contribution in [1.82, 2.24) is 0 Å². The zero-order chi connectivity index (χ0) is 24.5. The minimum absolute atomic E-state index is 0.00566. The van der Waals surface area contributed by atoms with Crippen LogP contribution >= 0.6 is 0 Å². The van der Waals surface area contributed by atoms with Gasteiger partial charge in [0, 0.05) is 19.7 Å². The molecule has 0 aromatic heterocycles. The number of anilines is 1. The standard InChI is InChI=1S/C26H35NO7/c1-16(2)6-11-21-25(4,34-21)24-23(30-5)20(12-13-26(24)15-31-26)33-22(29)14-27-18-7-9-19(10-8-18)32-17(3)28/h6-10,20-21,23-24,27H,11-15H2,1-5H3/t20-,21-,23-,24-,25-,26+/m1/s1. The number of carbonyl (C=O) groups excluding carboxylic acids is 2. The Morgan fingerprint density at radius 3 is 2.50 bits per heavy atom. The van der Waals surface area contributed by atoms with Gasteiger partial charge in [-0.1, -0.05) is 11.6 Å². The molecule has 0 amide bonds. The van der Waals surface area contributed by atoms with Gasteiger partial charge < -0.3 is 29.0 Å². The summed E-state index contributed by atoms with van der Waals surface area (Å²) in [6.07, 6.45) is 3.99. The van der Waals surface area contributed by atoms with Gasteiger partial charge in [-0.3, -0.25) is 9.59 Å². The van der Waals surface area contributed by atoms with Gasteiger partial charge in [0.15, 0.2) is 0 Å². The van der Waals surface area contributed by atoms with Crippen molar-refractivity contribution < 1.29 is 33.3 Å². The molecule has 0 radical (unpaired) electrons.